The smallest absolute Gasteiger partial charge is 0.241 e. The Kier molecular flexibility index (Phi) is 5.58. The Balaban J connectivity index is 1.34. The van der Waals surface area contributed by atoms with Gasteiger partial charge >= 0.3 is 0 Å². The van der Waals surface area contributed by atoms with E-state index < -0.39 is 0 Å². The summed E-state index contributed by atoms with van der Waals surface area (Å²) in [7, 11) is 0. The highest BCUT2D eigenvalue weighted by Gasteiger charge is 2.27. The fourth-order valence-corrected chi connectivity index (χ4v) is 3.99. The van der Waals surface area contributed by atoms with Gasteiger partial charge in [0.05, 0.1) is 6.54 Å². The van der Waals surface area contributed by atoms with Gasteiger partial charge < -0.3 is 4.52 Å². The van der Waals surface area contributed by atoms with Gasteiger partial charge in [-0.3, -0.25) is 9.69 Å². The van der Waals surface area contributed by atoms with Crippen LogP contribution in [0.4, 0.5) is 0 Å². The number of benzene rings is 2. The SMILES string of the molecule is Cc1ccc(-c2noc(CN3CCC(C(=O)c4ccc(C)cc4C)CC3)n2)cc1. The third-order valence-electron chi connectivity index (χ3n) is 5.74. The highest BCUT2D eigenvalue weighted by molar-refractivity contribution is 5.99. The molecular weight excluding hydrogens is 362 g/mol. The number of Topliss-reactive ketones (excluding diaryl/α,β-unsaturated/α-hetero) is 1. The van der Waals surface area contributed by atoms with Crippen molar-refractivity contribution in [3.63, 3.8) is 0 Å². The second-order valence-corrected chi connectivity index (χ2v) is 8.11. The molecule has 0 aliphatic carbocycles. The van der Waals surface area contributed by atoms with Crippen LogP contribution in [0.15, 0.2) is 47.0 Å². The van der Waals surface area contributed by atoms with Crippen LogP contribution in [0.2, 0.25) is 0 Å². The maximum atomic E-state index is 12.9. The number of hydrogen-bond donors (Lipinski definition) is 0. The first-order chi connectivity index (χ1) is 14.0. The zero-order chi connectivity index (χ0) is 20.4. The van der Waals surface area contributed by atoms with E-state index in [4.69, 9.17) is 4.52 Å². The Hall–Kier alpha value is -2.79. The van der Waals surface area contributed by atoms with Crippen molar-refractivity contribution in [2.24, 2.45) is 5.92 Å². The first kappa shape index (κ1) is 19.5. The molecule has 2 heterocycles. The summed E-state index contributed by atoms with van der Waals surface area (Å²) in [4.78, 5) is 19.8. The maximum absolute atomic E-state index is 12.9. The van der Waals surface area contributed by atoms with Crippen molar-refractivity contribution >= 4 is 5.78 Å². The van der Waals surface area contributed by atoms with Gasteiger partial charge in [0.15, 0.2) is 5.78 Å². The summed E-state index contributed by atoms with van der Waals surface area (Å²) in [6.07, 6.45) is 1.73. The van der Waals surface area contributed by atoms with Gasteiger partial charge in [-0.15, -0.1) is 0 Å². The molecule has 1 aromatic heterocycles. The van der Waals surface area contributed by atoms with E-state index in [1.165, 1.54) is 11.1 Å². The highest BCUT2D eigenvalue weighted by atomic mass is 16.5. The van der Waals surface area contributed by atoms with Gasteiger partial charge in [0, 0.05) is 17.0 Å². The van der Waals surface area contributed by atoms with E-state index >= 15 is 0 Å². The van der Waals surface area contributed by atoms with Crippen molar-refractivity contribution in [2.75, 3.05) is 13.1 Å². The molecule has 150 valence electrons. The molecule has 1 aliphatic rings. The molecule has 0 spiro atoms. The third kappa shape index (κ3) is 4.46. The molecular formula is C24H27N3O2. The van der Waals surface area contributed by atoms with E-state index in [2.05, 4.69) is 35.0 Å². The van der Waals surface area contributed by atoms with Gasteiger partial charge in [0.2, 0.25) is 11.7 Å². The zero-order valence-corrected chi connectivity index (χ0v) is 17.3. The van der Waals surface area contributed by atoms with Crippen molar-refractivity contribution in [2.45, 2.75) is 40.2 Å². The van der Waals surface area contributed by atoms with E-state index in [0.717, 1.165) is 42.6 Å². The van der Waals surface area contributed by atoms with Gasteiger partial charge in [0.1, 0.15) is 0 Å². The number of rotatable bonds is 5. The monoisotopic (exact) mass is 389 g/mol. The highest BCUT2D eigenvalue weighted by Crippen LogP contribution is 2.25. The van der Waals surface area contributed by atoms with Crippen LogP contribution in [-0.2, 0) is 6.54 Å². The van der Waals surface area contributed by atoms with E-state index in [1.54, 1.807) is 0 Å². The second kappa shape index (κ2) is 8.29. The molecule has 0 atom stereocenters. The number of aromatic nitrogens is 2. The first-order valence-corrected chi connectivity index (χ1v) is 10.2. The molecule has 0 N–H and O–H groups in total. The molecule has 2 aromatic carbocycles. The van der Waals surface area contributed by atoms with Crippen LogP contribution < -0.4 is 0 Å². The first-order valence-electron chi connectivity index (χ1n) is 10.2. The summed E-state index contributed by atoms with van der Waals surface area (Å²) in [5.41, 5.74) is 5.30. The van der Waals surface area contributed by atoms with Crippen LogP contribution in [0.25, 0.3) is 11.4 Å². The number of aryl methyl sites for hydroxylation is 3. The molecule has 29 heavy (non-hydrogen) atoms. The van der Waals surface area contributed by atoms with Crippen molar-refractivity contribution < 1.29 is 9.32 Å². The number of hydrogen-bond acceptors (Lipinski definition) is 5. The molecule has 0 saturated carbocycles. The minimum atomic E-state index is 0.0958. The quantitative estimate of drug-likeness (QED) is 0.589. The Morgan fingerprint density at radius 1 is 1.03 bits per heavy atom. The molecule has 1 fully saturated rings. The molecule has 5 nitrogen and oxygen atoms in total. The topological polar surface area (TPSA) is 59.2 Å². The van der Waals surface area contributed by atoms with E-state index in [1.807, 2.05) is 43.3 Å². The fourth-order valence-electron chi connectivity index (χ4n) is 3.99. The number of carbonyl (C=O) groups excluding carboxylic acids is 1. The molecule has 5 heteroatoms. The Labute approximate surface area is 171 Å². The lowest BCUT2D eigenvalue weighted by atomic mass is 9.87. The fraction of sp³-hybridized carbons (Fsp3) is 0.375. The van der Waals surface area contributed by atoms with Crippen LogP contribution in [0.5, 0.6) is 0 Å². The Bertz CT molecular complexity index is 999. The van der Waals surface area contributed by atoms with E-state index in [9.17, 15) is 4.79 Å². The van der Waals surface area contributed by atoms with Gasteiger partial charge in [0.25, 0.3) is 0 Å². The molecule has 0 unspecified atom stereocenters. The minimum Gasteiger partial charge on any atom is -0.338 e. The lowest BCUT2D eigenvalue weighted by Gasteiger charge is -2.30. The average molecular weight is 389 g/mol. The Morgan fingerprint density at radius 2 is 1.72 bits per heavy atom. The predicted octanol–water partition coefficient (Wildman–Crippen LogP) is 4.76. The summed E-state index contributed by atoms with van der Waals surface area (Å²) in [5.74, 6) is 1.62. The summed E-state index contributed by atoms with van der Waals surface area (Å²) in [6.45, 7) is 8.49. The summed E-state index contributed by atoms with van der Waals surface area (Å²) in [6, 6.07) is 14.2. The number of nitrogens with zero attached hydrogens (tertiary/aromatic N) is 3. The number of ketones is 1. The zero-order valence-electron chi connectivity index (χ0n) is 17.3. The number of piperidine rings is 1. The summed E-state index contributed by atoms with van der Waals surface area (Å²) >= 11 is 0. The van der Waals surface area contributed by atoms with Crippen LogP contribution >= 0.6 is 0 Å². The molecule has 1 saturated heterocycles. The molecule has 0 amide bonds. The second-order valence-electron chi connectivity index (χ2n) is 8.11. The molecule has 3 aromatic rings. The van der Waals surface area contributed by atoms with Crippen LogP contribution in [0, 0.1) is 26.7 Å². The maximum Gasteiger partial charge on any atom is 0.241 e. The molecule has 1 aliphatic heterocycles. The van der Waals surface area contributed by atoms with Crippen molar-refractivity contribution in [1.82, 2.24) is 15.0 Å². The lowest BCUT2D eigenvalue weighted by Crippen LogP contribution is -2.36. The van der Waals surface area contributed by atoms with E-state index in [0.29, 0.717) is 18.3 Å². The van der Waals surface area contributed by atoms with Crippen LogP contribution in [0.3, 0.4) is 0 Å². The van der Waals surface area contributed by atoms with Crippen LogP contribution in [0.1, 0.15) is 45.8 Å². The predicted molar refractivity (Wildman–Crippen MR) is 113 cm³/mol. The van der Waals surface area contributed by atoms with Gasteiger partial charge in [-0.1, -0.05) is 58.7 Å². The number of carbonyl (C=O) groups is 1. The molecule has 4 rings (SSSR count). The standard InChI is InChI=1S/C24H27N3O2/c1-16-4-7-20(8-5-16)24-25-22(29-26-24)15-27-12-10-19(11-13-27)23(28)21-9-6-17(2)14-18(21)3/h4-9,14,19H,10-13,15H2,1-3H3. The van der Waals surface area contributed by atoms with Gasteiger partial charge in [-0.05, 0) is 52.3 Å². The summed E-state index contributed by atoms with van der Waals surface area (Å²) < 4.78 is 5.45. The van der Waals surface area contributed by atoms with Crippen molar-refractivity contribution in [3.8, 4) is 11.4 Å². The summed E-state index contributed by atoms with van der Waals surface area (Å²) in [5, 5.41) is 4.11. The molecule has 0 bridgehead atoms. The van der Waals surface area contributed by atoms with Gasteiger partial charge in [-0.2, -0.15) is 4.98 Å². The van der Waals surface area contributed by atoms with Crippen molar-refractivity contribution in [3.05, 3.63) is 70.6 Å². The normalized spacial score (nSPS) is 15.6. The van der Waals surface area contributed by atoms with Crippen molar-refractivity contribution in [1.29, 1.82) is 0 Å². The van der Waals surface area contributed by atoms with Gasteiger partial charge in [-0.25, -0.2) is 0 Å². The average Bonchev–Trinajstić information content (AvgIpc) is 3.17. The third-order valence-corrected chi connectivity index (χ3v) is 5.74. The largest absolute Gasteiger partial charge is 0.338 e. The van der Waals surface area contributed by atoms with E-state index in [-0.39, 0.29) is 11.7 Å². The number of likely N-dealkylation sites (tertiary alicyclic amines) is 1. The minimum absolute atomic E-state index is 0.0958. The Morgan fingerprint density at radius 3 is 2.41 bits per heavy atom. The molecule has 0 radical (unpaired) electrons. The lowest BCUT2D eigenvalue weighted by molar-refractivity contribution is 0.0824. The van der Waals surface area contributed by atoms with Crippen LogP contribution in [-0.4, -0.2) is 33.9 Å².